The Balaban J connectivity index is 3.01. The zero-order valence-corrected chi connectivity index (χ0v) is 12.2. The number of rotatable bonds is 4. The first kappa shape index (κ1) is 15.7. The average molecular weight is 268 g/mol. The van der Waals surface area contributed by atoms with E-state index in [1.165, 1.54) is 6.92 Å². The largest absolute Gasteiger partial charge is 0.375 e. The van der Waals surface area contributed by atoms with E-state index in [9.17, 15) is 9.59 Å². The highest BCUT2D eigenvalue weighted by Crippen LogP contribution is 2.29. The number of carbonyl (C=O) groups excluding carboxylic acids is 2. The van der Waals surface area contributed by atoms with Crippen molar-refractivity contribution >= 4 is 11.8 Å². The average Bonchev–Trinajstić information content (AvgIpc) is 2.60. The van der Waals surface area contributed by atoms with Gasteiger partial charge in [-0.05, 0) is 27.2 Å². The van der Waals surface area contributed by atoms with Gasteiger partial charge in [-0.25, -0.2) is 0 Å². The van der Waals surface area contributed by atoms with Gasteiger partial charge in [0.05, 0.1) is 6.10 Å². The molecule has 0 aromatic rings. The Bertz CT molecular complexity index is 373. The molecule has 2 unspecified atom stereocenters. The zero-order valence-electron chi connectivity index (χ0n) is 12.2. The second kappa shape index (κ2) is 5.74. The summed E-state index contributed by atoms with van der Waals surface area (Å²) in [6, 6.07) is 0. The third kappa shape index (κ3) is 3.80. The molecule has 0 radical (unpaired) electrons. The quantitative estimate of drug-likeness (QED) is 0.751. The summed E-state index contributed by atoms with van der Waals surface area (Å²) in [5.41, 5.74) is -1.35. The molecule has 1 aliphatic rings. The molecule has 0 aromatic carbocycles. The van der Waals surface area contributed by atoms with Crippen LogP contribution >= 0.6 is 0 Å². The Morgan fingerprint density at radius 3 is 2.58 bits per heavy atom. The van der Waals surface area contributed by atoms with Gasteiger partial charge >= 0.3 is 0 Å². The van der Waals surface area contributed by atoms with E-state index >= 15 is 0 Å². The van der Waals surface area contributed by atoms with Crippen molar-refractivity contribution in [3.05, 3.63) is 12.7 Å². The van der Waals surface area contributed by atoms with E-state index in [4.69, 9.17) is 4.74 Å². The van der Waals surface area contributed by atoms with E-state index < -0.39 is 5.54 Å². The Morgan fingerprint density at radius 2 is 2.11 bits per heavy atom. The number of ether oxygens (including phenoxy) is 1. The van der Waals surface area contributed by atoms with Crippen LogP contribution in [-0.2, 0) is 14.3 Å². The lowest BCUT2D eigenvalue weighted by Gasteiger charge is -2.35. The van der Waals surface area contributed by atoms with Gasteiger partial charge < -0.3 is 15.4 Å². The zero-order chi connectivity index (χ0) is 14.7. The summed E-state index contributed by atoms with van der Waals surface area (Å²) in [5.74, 6) is -0.428. The Morgan fingerprint density at radius 1 is 1.47 bits per heavy atom. The van der Waals surface area contributed by atoms with Gasteiger partial charge in [0.15, 0.2) is 0 Å². The van der Waals surface area contributed by atoms with Crippen molar-refractivity contribution in [2.45, 2.75) is 57.7 Å². The molecule has 0 bridgehead atoms. The lowest BCUT2D eigenvalue weighted by atomic mass is 9.87. The first-order chi connectivity index (χ1) is 8.71. The number of carbonyl (C=O) groups is 2. The van der Waals surface area contributed by atoms with E-state index in [-0.39, 0.29) is 23.5 Å². The summed E-state index contributed by atoms with van der Waals surface area (Å²) < 4.78 is 5.60. The van der Waals surface area contributed by atoms with Crippen LogP contribution in [0.4, 0.5) is 0 Å². The van der Waals surface area contributed by atoms with Gasteiger partial charge in [-0.2, -0.15) is 0 Å². The predicted octanol–water partition coefficient (Wildman–Crippen LogP) is 1.14. The second-order valence-electron chi connectivity index (χ2n) is 5.99. The standard InChI is InChI=1S/C14H24N2O3/c1-6-7-11-14(8-9-19-11,15-10(2)17)12(18)16-13(3,4)5/h6,11H,1,7-9H2,2-5H3,(H,15,17)(H,16,18). The van der Waals surface area contributed by atoms with Gasteiger partial charge in [0.1, 0.15) is 5.54 Å². The Hall–Kier alpha value is -1.36. The van der Waals surface area contributed by atoms with E-state index in [1.54, 1.807) is 6.08 Å². The molecule has 19 heavy (non-hydrogen) atoms. The van der Waals surface area contributed by atoms with Crippen molar-refractivity contribution in [2.75, 3.05) is 6.61 Å². The highest BCUT2D eigenvalue weighted by atomic mass is 16.5. The van der Waals surface area contributed by atoms with E-state index in [2.05, 4.69) is 17.2 Å². The molecular formula is C14H24N2O3. The lowest BCUT2D eigenvalue weighted by Crippen LogP contribution is -2.65. The van der Waals surface area contributed by atoms with E-state index in [0.29, 0.717) is 19.4 Å². The number of nitrogens with one attached hydrogen (secondary N) is 2. The normalized spacial score (nSPS) is 26.8. The van der Waals surface area contributed by atoms with Gasteiger partial charge in [-0.1, -0.05) is 6.08 Å². The van der Waals surface area contributed by atoms with Crippen molar-refractivity contribution in [2.24, 2.45) is 0 Å². The molecule has 5 nitrogen and oxygen atoms in total. The molecule has 2 amide bonds. The van der Waals surface area contributed by atoms with Gasteiger partial charge in [0.2, 0.25) is 11.8 Å². The SMILES string of the molecule is C=CCC1OCCC1(NC(C)=O)C(=O)NC(C)(C)C. The second-order valence-corrected chi connectivity index (χ2v) is 5.99. The number of amides is 2. The molecule has 0 aliphatic carbocycles. The maximum atomic E-state index is 12.6. The summed E-state index contributed by atoms with van der Waals surface area (Å²) in [6.45, 7) is 11.3. The van der Waals surface area contributed by atoms with Crippen molar-refractivity contribution < 1.29 is 14.3 Å². The van der Waals surface area contributed by atoms with Crippen LogP contribution in [0.3, 0.4) is 0 Å². The summed E-state index contributed by atoms with van der Waals surface area (Å²) in [6.07, 6.45) is 2.35. The molecule has 2 atom stereocenters. The highest BCUT2D eigenvalue weighted by Gasteiger charge is 2.51. The first-order valence-electron chi connectivity index (χ1n) is 6.55. The van der Waals surface area contributed by atoms with Crippen LogP contribution in [-0.4, -0.2) is 35.6 Å². The third-order valence-corrected chi connectivity index (χ3v) is 3.04. The van der Waals surface area contributed by atoms with Crippen LogP contribution < -0.4 is 10.6 Å². The van der Waals surface area contributed by atoms with Crippen LogP contribution in [0.2, 0.25) is 0 Å². The first-order valence-corrected chi connectivity index (χ1v) is 6.55. The molecular weight excluding hydrogens is 244 g/mol. The summed E-state index contributed by atoms with van der Waals surface area (Å²) >= 11 is 0. The van der Waals surface area contributed by atoms with Crippen molar-refractivity contribution in [1.82, 2.24) is 10.6 Å². The van der Waals surface area contributed by atoms with E-state index in [0.717, 1.165) is 0 Å². The van der Waals surface area contributed by atoms with Crippen molar-refractivity contribution in [3.63, 3.8) is 0 Å². The Kier molecular flexibility index (Phi) is 4.74. The van der Waals surface area contributed by atoms with Crippen molar-refractivity contribution in [1.29, 1.82) is 0 Å². The van der Waals surface area contributed by atoms with Gasteiger partial charge in [-0.15, -0.1) is 6.58 Å². The molecule has 1 saturated heterocycles. The lowest BCUT2D eigenvalue weighted by molar-refractivity contribution is -0.136. The fourth-order valence-electron chi connectivity index (χ4n) is 2.31. The molecule has 108 valence electrons. The fourth-order valence-corrected chi connectivity index (χ4v) is 2.31. The number of hydrogen-bond acceptors (Lipinski definition) is 3. The minimum Gasteiger partial charge on any atom is -0.375 e. The third-order valence-electron chi connectivity index (χ3n) is 3.04. The van der Waals surface area contributed by atoms with Crippen LogP contribution in [0.25, 0.3) is 0 Å². The summed E-state index contributed by atoms with van der Waals surface area (Å²) in [5, 5.41) is 5.72. The van der Waals surface area contributed by atoms with Gasteiger partial charge in [0.25, 0.3) is 0 Å². The topological polar surface area (TPSA) is 67.4 Å². The smallest absolute Gasteiger partial charge is 0.248 e. The molecule has 1 fully saturated rings. The minimum atomic E-state index is -0.993. The molecule has 0 spiro atoms. The molecule has 1 rings (SSSR count). The molecule has 5 heteroatoms. The Labute approximate surface area is 114 Å². The highest BCUT2D eigenvalue weighted by molar-refractivity contribution is 5.92. The summed E-state index contributed by atoms with van der Waals surface area (Å²) in [4.78, 5) is 24.0. The van der Waals surface area contributed by atoms with Gasteiger partial charge in [-0.3, -0.25) is 9.59 Å². The van der Waals surface area contributed by atoms with Crippen molar-refractivity contribution in [3.8, 4) is 0 Å². The molecule has 1 heterocycles. The number of hydrogen-bond donors (Lipinski definition) is 2. The van der Waals surface area contributed by atoms with Crippen LogP contribution in [0, 0.1) is 0 Å². The van der Waals surface area contributed by atoms with Gasteiger partial charge in [0, 0.05) is 25.5 Å². The van der Waals surface area contributed by atoms with Crippen LogP contribution in [0.1, 0.15) is 40.5 Å². The molecule has 0 aromatic heterocycles. The monoisotopic (exact) mass is 268 g/mol. The maximum Gasteiger partial charge on any atom is 0.248 e. The minimum absolute atomic E-state index is 0.195. The molecule has 2 N–H and O–H groups in total. The fraction of sp³-hybridized carbons (Fsp3) is 0.714. The molecule has 1 aliphatic heterocycles. The van der Waals surface area contributed by atoms with Crippen LogP contribution in [0.15, 0.2) is 12.7 Å². The predicted molar refractivity (Wildman–Crippen MR) is 73.6 cm³/mol. The van der Waals surface area contributed by atoms with Crippen LogP contribution in [0.5, 0.6) is 0 Å². The molecule has 0 saturated carbocycles. The maximum absolute atomic E-state index is 12.6. The van der Waals surface area contributed by atoms with E-state index in [1.807, 2.05) is 20.8 Å². The summed E-state index contributed by atoms with van der Waals surface area (Å²) in [7, 11) is 0.